The van der Waals surface area contributed by atoms with Gasteiger partial charge in [-0.15, -0.1) is 0 Å². The maximum atomic E-state index is 14.1. The molecule has 0 saturated heterocycles. The summed E-state index contributed by atoms with van der Waals surface area (Å²) in [6.45, 7) is 0.261. The molecule has 0 radical (unpaired) electrons. The van der Waals surface area contributed by atoms with E-state index in [1.807, 2.05) is 12.1 Å². The Hall–Kier alpha value is -4.29. The Kier molecular flexibility index (Phi) is 6.54. The van der Waals surface area contributed by atoms with E-state index in [4.69, 9.17) is 10.5 Å². The van der Waals surface area contributed by atoms with Crippen LogP contribution in [-0.4, -0.2) is 42.4 Å². The van der Waals surface area contributed by atoms with Gasteiger partial charge in [0, 0.05) is 12.1 Å². The average Bonchev–Trinajstić information content (AvgIpc) is 3.30. The van der Waals surface area contributed by atoms with Gasteiger partial charge < -0.3 is 20.7 Å². The molecule has 2 aromatic carbocycles. The van der Waals surface area contributed by atoms with Gasteiger partial charge in [-0.2, -0.15) is 0 Å². The van der Waals surface area contributed by atoms with Gasteiger partial charge in [-0.05, 0) is 74.4 Å². The molecule has 214 valence electrons. The molecule has 3 fully saturated rings. The number of carboxylic acid groups (broad SMARTS) is 1. The molecule has 1 unspecified atom stereocenters. The Morgan fingerprint density at radius 1 is 1.12 bits per heavy atom. The van der Waals surface area contributed by atoms with E-state index in [1.54, 1.807) is 16.7 Å². The normalized spacial score (nSPS) is 22.6. The van der Waals surface area contributed by atoms with Gasteiger partial charge in [0.15, 0.2) is 11.5 Å². The van der Waals surface area contributed by atoms with E-state index in [0.29, 0.717) is 61.1 Å². The summed E-state index contributed by atoms with van der Waals surface area (Å²) < 4.78 is 22.2. The van der Waals surface area contributed by atoms with Crippen molar-refractivity contribution < 1.29 is 24.1 Å². The Morgan fingerprint density at radius 2 is 1.80 bits per heavy atom. The fourth-order valence-electron chi connectivity index (χ4n) is 6.54. The molecule has 41 heavy (non-hydrogen) atoms. The van der Waals surface area contributed by atoms with E-state index in [1.165, 1.54) is 36.2 Å². The highest BCUT2D eigenvalue weighted by molar-refractivity contribution is 5.84. The quantitative estimate of drug-likeness (QED) is 0.237. The second kappa shape index (κ2) is 9.96. The van der Waals surface area contributed by atoms with Crippen molar-refractivity contribution in [1.82, 2.24) is 24.4 Å². The standard InChI is InChI=1S/C29H31FN6O5/c1-41-21-7-4-18(30)14-20(21)25(37)32-15-17-2-5-19(6-3-17)35-22-23(31)33-16-34-24(22)36(27(35)40)29-11-8-28(9-12-29,10-13-29)26(38)39/h2-7,14,16,25,32,37H,8-13,15H2,1H3,(H,38,39)(H2,31,33,34). The Bertz CT molecular complexity index is 1670. The number of anilines is 1. The molecule has 2 bridgehead atoms. The smallest absolute Gasteiger partial charge is 0.335 e. The summed E-state index contributed by atoms with van der Waals surface area (Å²) in [5.74, 6) is -0.710. The monoisotopic (exact) mass is 562 g/mol. The molecule has 3 aliphatic carbocycles. The number of nitrogen functional groups attached to an aromatic ring is 1. The molecular formula is C29H31FN6O5. The summed E-state index contributed by atoms with van der Waals surface area (Å²) in [6.07, 6.45) is 3.44. The summed E-state index contributed by atoms with van der Waals surface area (Å²) in [6, 6.07) is 11.1. The molecule has 7 rings (SSSR count). The molecule has 1 atom stereocenters. The number of imidazole rings is 1. The van der Waals surface area contributed by atoms with Crippen LogP contribution in [0.25, 0.3) is 16.9 Å². The number of aliphatic carboxylic acids is 1. The maximum absolute atomic E-state index is 14.1. The Morgan fingerprint density at radius 3 is 2.44 bits per heavy atom. The first-order valence-corrected chi connectivity index (χ1v) is 13.5. The van der Waals surface area contributed by atoms with E-state index in [9.17, 15) is 24.2 Å². The predicted molar refractivity (Wildman–Crippen MR) is 148 cm³/mol. The number of methoxy groups -OCH3 is 1. The van der Waals surface area contributed by atoms with E-state index >= 15 is 0 Å². The zero-order chi connectivity index (χ0) is 28.9. The summed E-state index contributed by atoms with van der Waals surface area (Å²) >= 11 is 0. The topological polar surface area (TPSA) is 158 Å². The van der Waals surface area contributed by atoms with Gasteiger partial charge in [0.2, 0.25) is 0 Å². The minimum atomic E-state index is -1.16. The maximum Gasteiger partial charge on any atom is 0.335 e. The van der Waals surface area contributed by atoms with Crippen LogP contribution in [0, 0.1) is 11.2 Å². The van der Waals surface area contributed by atoms with Crippen LogP contribution in [0.1, 0.15) is 55.9 Å². The SMILES string of the molecule is COc1ccc(F)cc1C(O)NCc1ccc(-n2c(=O)n(C34CCC(C(=O)O)(CC3)CC4)c3ncnc(N)c32)cc1. The number of nitrogens with two attached hydrogens (primary N) is 1. The van der Waals surface area contributed by atoms with Crippen LogP contribution in [0.2, 0.25) is 0 Å². The molecule has 12 heteroatoms. The third kappa shape index (κ3) is 4.34. The van der Waals surface area contributed by atoms with Crippen LogP contribution in [-0.2, 0) is 16.9 Å². The lowest BCUT2D eigenvalue weighted by Gasteiger charge is -2.51. The zero-order valence-corrected chi connectivity index (χ0v) is 22.5. The number of halogens is 1. The number of aliphatic hydroxyl groups excluding tert-OH is 1. The second-order valence-electron chi connectivity index (χ2n) is 11.0. The van der Waals surface area contributed by atoms with Crippen molar-refractivity contribution in [3.8, 4) is 11.4 Å². The largest absolute Gasteiger partial charge is 0.496 e. The number of aliphatic hydroxyl groups is 1. The van der Waals surface area contributed by atoms with Crippen molar-refractivity contribution in [2.24, 2.45) is 5.41 Å². The number of benzene rings is 2. The van der Waals surface area contributed by atoms with E-state index in [2.05, 4.69) is 15.3 Å². The van der Waals surface area contributed by atoms with E-state index < -0.39 is 29.0 Å². The lowest BCUT2D eigenvalue weighted by atomic mass is 9.57. The number of fused-ring (bicyclic) bond motifs is 4. The van der Waals surface area contributed by atoms with Gasteiger partial charge in [0.25, 0.3) is 0 Å². The molecular weight excluding hydrogens is 531 g/mol. The van der Waals surface area contributed by atoms with Crippen molar-refractivity contribution in [2.45, 2.75) is 56.8 Å². The second-order valence-corrected chi connectivity index (χ2v) is 11.0. The van der Waals surface area contributed by atoms with Gasteiger partial charge >= 0.3 is 11.7 Å². The minimum Gasteiger partial charge on any atom is -0.496 e. The van der Waals surface area contributed by atoms with Gasteiger partial charge in [-0.25, -0.2) is 19.2 Å². The van der Waals surface area contributed by atoms with Crippen LogP contribution in [0.3, 0.4) is 0 Å². The Balaban J connectivity index is 1.30. The fourth-order valence-corrected chi connectivity index (χ4v) is 6.54. The number of carbonyl (C=O) groups is 1. The summed E-state index contributed by atoms with van der Waals surface area (Å²) in [5, 5.41) is 23.4. The highest BCUT2D eigenvalue weighted by atomic mass is 19.1. The molecule has 0 spiro atoms. The third-order valence-corrected chi connectivity index (χ3v) is 8.96. The first kappa shape index (κ1) is 26.9. The molecule has 2 heterocycles. The summed E-state index contributed by atoms with van der Waals surface area (Å²) in [5.41, 5.74) is 7.25. The van der Waals surface area contributed by atoms with Crippen molar-refractivity contribution in [3.05, 3.63) is 76.2 Å². The van der Waals surface area contributed by atoms with Crippen molar-refractivity contribution in [1.29, 1.82) is 0 Å². The van der Waals surface area contributed by atoms with E-state index in [-0.39, 0.29) is 23.6 Å². The molecule has 3 aliphatic rings. The number of hydrogen-bond acceptors (Lipinski definition) is 8. The van der Waals surface area contributed by atoms with Gasteiger partial charge in [-0.3, -0.25) is 19.2 Å². The number of ether oxygens (including phenoxy) is 1. The number of nitrogens with one attached hydrogen (secondary N) is 1. The average molecular weight is 563 g/mol. The molecule has 3 saturated carbocycles. The lowest BCUT2D eigenvalue weighted by molar-refractivity contribution is -0.158. The first-order chi connectivity index (χ1) is 19.7. The zero-order valence-electron chi connectivity index (χ0n) is 22.5. The molecule has 2 aromatic heterocycles. The van der Waals surface area contributed by atoms with Gasteiger partial charge in [-0.1, -0.05) is 12.1 Å². The third-order valence-electron chi connectivity index (χ3n) is 8.96. The van der Waals surface area contributed by atoms with E-state index in [0.717, 1.165) is 5.56 Å². The van der Waals surface area contributed by atoms with Crippen LogP contribution < -0.4 is 21.5 Å². The number of nitrogens with zero attached hydrogens (tertiary/aromatic N) is 4. The van der Waals surface area contributed by atoms with Gasteiger partial charge in [0.1, 0.15) is 29.6 Å². The molecule has 0 amide bonds. The van der Waals surface area contributed by atoms with Crippen LogP contribution in [0.5, 0.6) is 5.75 Å². The Labute approximate surface area is 234 Å². The molecule has 11 nitrogen and oxygen atoms in total. The highest BCUT2D eigenvalue weighted by Gasteiger charge is 2.54. The fraction of sp³-hybridized carbons (Fsp3) is 0.379. The van der Waals surface area contributed by atoms with Gasteiger partial charge in [0.05, 0.1) is 23.8 Å². The van der Waals surface area contributed by atoms with Crippen molar-refractivity contribution in [3.63, 3.8) is 0 Å². The molecule has 0 aliphatic heterocycles. The number of rotatable bonds is 8. The number of hydrogen-bond donors (Lipinski definition) is 4. The minimum absolute atomic E-state index is 0.173. The number of aromatic nitrogens is 4. The van der Waals surface area contributed by atoms with Crippen molar-refractivity contribution in [2.75, 3.05) is 12.8 Å². The van der Waals surface area contributed by atoms with Crippen molar-refractivity contribution >= 4 is 23.0 Å². The first-order valence-electron chi connectivity index (χ1n) is 13.5. The summed E-state index contributed by atoms with van der Waals surface area (Å²) in [7, 11) is 1.45. The highest BCUT2D eigenvalue weighted by Crippen LogP contribution is 2.56. The van der Waals surface area contributed by atoms with Crippen LogP contribution >= 0.6 is 0 Å². The van der Waals surface area contributed by atoms with Crippen LogP contribution in [0.15, 0.2) is 53.6 Å². The molecule has 4 aromatic rings. The summed E-state index contributed by atoms with van der Waals surface area (Å²) in [4.78, 5) is 34.6. The van der Waals surface area contributed by atoms with Crippen LogP contribution in [0.4, 0.5) is 10.2 Å². The molecule has 5 N–H and O–H groups in total. The number of carboxylic acids is 1. The lowest BCUT2D eigenvalue weighted by Crippen LogP contribution is -2.53. The predicted octanol–water partition coefficient (Wildman–Crippen LogP) is 3.23.